The van der Waals surface area contributed by atoms with E-state index in [1.807, 2.05) is 60.7 Å². The Kier molecular flexibility index (Phi) is 6.15. The molecule has 136 valence electrons. The van der Waals surface area contributed by atoms with Crippen molar-refractivity contribution < 1.29 is 4.79 Å². The summed E-state index contributed by atoms with van der Waals surface area (Å²) in [5, 5.41) is 0. The van der Waals surface area contributed by atoms with Crippen LogP contribution in [0.2, 0.25) is 0 Å². The molecule has 0 radical (unpaired) electrons. The zero-order valence-corrected chi connectivity index (χ0v) is 16.0. The summed E-state index contributed by atoms with van der Waals surface area (Å²) >= 11 is 4.32. The van der Waals surface area contributed by atoms with Crippen molar-refractivity contribution in [3.63, 3.8) is 0 Å². The van der Waals surface area contributed by atoms with E-state index in [2.05, 4.69) is 49.0 Å². The average molecular weight is 374 g/mol. The average Bonchev–Trinajstić information content (AvgIpc) is 2.73. The smallest absolute Gasteiger partial charge is 0.245 e. The number of rotatable bonds is 7. The molecule has 0 saturated carbocycles. The Morgan fingerprint density at radius 1 is 0.778 bits per heavy atom. The lowest BCUT2D eigenvalue weighted by Crippen LogP contribution is -2.38. The first-order chi connectivity index (χ1) is 13.2. The van der Waals surface area contributed by atoms with Crippen LogP contribution in [0.5, 0.6) is 0 Å². The summed E-state index contributed by atoms with van der Waals surface area (Å²) in [5.41, 5.74) is 8.75. The van der Waals surface area contributed by atoms with Crippen LogP contribution in [0.3, 0.4) is 0 Å². The molecule has 0 aliphatic rings. The number of primary amides is 1. The maximum absolute atomic E-state index is 12.7. The molecule has 0 fully saturated rings. The van der Waals surface area contributed by atoms with E-state index in [9.17, 15) is 4.79 Å². The molecule has 1 amide bonds. The molecule has 0 unspecified atom stereocenters. The van der Waals surface area contributed by atoms with Gasteiger partial charge in [-0.2, -0.15) is 12.6 Å². The van der Waals surface area contributed by atoms with E-state index in [1.165, 1.54) is 0 Å². The Labute approximate surface area is 166 Å². The number of hydrogen-bond donors (Lipinski definition) is 2. The molecule has 0 aliphatic carbocycles. The molecule has 0 heterocycles. The van der Waals surface area contributed by atoms with Crippen LogP contribution in [0.4, 0.5) is 0 Å². The van der Waals surface area contributed by atoms with Crippen molar-refractivity contribution in [1.29, 1.82) is 0 Å². The van der Waals surface area contributed by atoms with E-state index in [-0.39, 0.29) is 0 Å². The molecule has 3 aromatic carbocycles. The minimum absolute atomic E-state index is 0.423. The fourth-order valence-corrected chi connectivity index (χ4v) is 3.81. The molecule has 0 bridgehead atoms. The topological polar surface area (TPSA) is 43.1 Å². The highest BCUT2D eigenvalue weighted by molar-refractivity contribution is 7.80. The molecule has 2 nitrogen and oxygen atoms in total. The molecule has 0 spiro atoms. The van der Waals surface area contributed by atoms with Gasteiger partial charge in [0.15, 0.2) is 0 Å². The molecule has 27 heavy (non-hydrogen) atoms. The van der Waals surface area contributed by atoms with Crippen LogP contribution in [0.15, 0.2) is 103 Å². The van der Waals surface area contributed by atoms with E-state index in [4.69, 9.17) is 5.73 Å². The normalized spacial score (nSPS) is 12.0. The Balaban J connectivity index is 2.44. The van der Waals surface area contributed by atoms with E-state index in [1.54, 1.807) is 0 Å². The summed E-state index contributed by atoms with van der Waals surface area (Å²) in [4.78, 5) is 12.7. The van der Waals surface area contributed by atoms with Gasteiger partial charge in [-0.25, -0.2) is 0 Å². The maximum atomic E-state index is 12.7. The van der Waals surface area contributed by atoms with Crippen molar-refractivity contribution in [2.75, 3.05) is 5.75 Å². The lowest BCUT2D eigenvalue weighted by Gasteiger charge is -2.37. The number of amides is 1. The first-order valence-corrected chi connectivity index (χ1v) is 9.62. The van der Waals surface area contributed by atoms with Gasteiger partial charge in [0.2, 0.25) is 5.91 Å². The summed E-state index contributed by atoms with van der Waals surface area (Å²) in [6.45, 7) is 0. The van der Waals surface area contributed by atoms with E-state index in [0.29, 0.717) is 17.7 Å². The van der Waals surface area contributed by atoms with Crippen molar-refractivity contribution in [3.8, 4) is 0 Å². The van der Waals surface area contributed by atoms with Gasteiger partial charge in [0.1, 0.15) is 0 Å². The molecule has 3 rings (SSSR count). The Morgan fingerprint density at radius 3 is 1.44 bits per heavy atom. The first kappa shape index (κ1) is 19.0. The minimum atomic E-state index is -0.779. The SMILES string of the molecule is NC(=O)/C(=C\CCS)C(c1ccccc1)(c1ccccc1)c1ccccc1. The molecular weight excluding hydrogens is 350 g/mol. The third-order valence-electron chi connectivity index (χ3n) is 4.77. The van der Waals surface area contributed by atoms with Crippen LogP contribution in [-0.2, 0) is 10.2 Å². The Bertz CT molecular complexity index is 808. The van der Waals surface area contributed by atoms with Gasteiger partial charge >= 0.3 is 0 Å². The quantitative estimate of drug-likeness (QED) is 0.350. The number of benzene rings is 3. The number of thiol groups is 1. The minimum Gasteiger partial charge on any atom is -0.366 e. The van der Waals surface area contributed by atoms with E-state index in [0.717, 1.165) is 16.7 Å². The highest BCUT2D eigenvalue weighted by Crippen LogP contribution is 2.45. The highest BCUT2D eigenvalue weighted by atomic mass is 32.1. The standard InChI is InChI=1S/C24H23NOS/c25-23(26)22(17-10-18-27)24(19-11-4-1-5-12-19,20-13-6-2-7-14-20)21-15-8-3-9-16-21/h1-9,11-17,27H,10,18H2,(H2,25,26)/b22-17+. The third kappa shape index (κ3) is 3.69. The van der Waals surface area contributed by atoms with Gasteiger partial charge in [0, 0.05) is 5.57 Å². The second-order valence-corrected chi connectivity index (χ2v) is 6.79. The van der Waals surface area contributed by atoms with Crippen molar-refractivity contribution in [1.82, 2.24) is 0 Å². The van der Waals surface area contributed by atoms with Crippen LogP contribution in [0.1, 0.15) is 23.1 Å². The fourth-order valence-electron chi connectivity index (χ4n) is 3.68. The van der Waals surface area contributed by atoms with Crippen LogP contribution in [0.25, 0.3) is 0 Å². The fraction of sp³-hybridized carbons (Fsp3) is 0.125. The molecule has 2 N–H and O–H groups in total. The predicted molar refractivity (Wildman–Crippen MR) is 115 cm³/mol. The number of carbonyl (C=O) groups is 1. The zero-order valence-electron chi connectivity index (χ0n) is 15.1. The number of nitrogens with two attached hydrogens (primary N) is 1. The number of hydrogen-bond acceptors (Lipinski definition) is 2. The molecular formula is C24H23NOS. The molecule has 0 aliphatic heterocycles. The largest absolute Gasteiger partial charge is 0.366 e. The summed E-state index contributed by atoms with van der Waals surface area (Å²) < 4.78 is 0. The molecule has 0 atom stereocenters. The van der Waals surface area contributed by atoms with Crippen molar-refractivity contribution in [2.24, 2.45) is 5.73 Å². The zero-order chi connectivity index (χ0) is 19.1. The highest BCUT2D eigenvalue weighted by Gasteiger charge is 2.42. The summed E-state index contributed by atoms with van der Waals surface area (Å²) in [5.74, 6) is 0.221. The monoisotopic (exact) mass is 373 g/mol. The van der Waals surface area contributed by atoms with Crippen LogP contribution >= 0.6 is 12.6 Å². The maximum Gasteiger partial charge on any atom is 0.245 e. The molecule has 0 aromatic heterocycles. The van der Waals surface area contributed by atoms with Gasteiger partial charge in [0.05, 0.1) is 5.41 Å². The lowest BCUT2D eigenvalue weighted by molar-refractivity contribution is -0.115. The van der Waals surface area contributed by atoms with Crippen LogP contribution < -0.4 is 5.73 Å². The van der Waals surface area contributed by atoms with Gasteiger partial charge in [-0.1, -0.05) is 97.1 Å². The van der Waals surface area contributed by atoms with E-state index >= 15 is 0 Å². The summed E-state index contributed by atoms with van der Waals surface area (Å²) in [6.07, 6.45) is 2.60. The van der Waals surface area contributed by atoms with Gasteiger partial charge in [-0.15, -0.1) is 0 Å². The Hall–Kier alpha value is -2.78. The van der Waals surface area contributed by atoms with Gasteiger partial charge < -0.3 is 5.73 Å². The Morgan fingerprint density at radius 2 is 1.15 bits per heavy atom. The number of carbonyl (C=O) groups excluding carboxylic acids is 1. The van der Waals surface area contributed by atoms with Gasteiger partial charge in [-0.05, 0) is 28.9 Å². The molecule has 3 aromatic rings. The van der Waals surface area contributed by atoms with Gasteiger partial charge in [0.25, 0.3) is 0 Å². The van der Waals surface area contributed by atoms with Gasteiger partial charge in [-0.3, -0.25) is 4.79 Å². The summed E-state index contributed by atoms with van der Waals surface area (Å²) in [7, 11) is 0. The second-order valence-electron chi connectivity index (χ2n) is 6.34. The third-order valence-corrected chi connectivity index (χ3v) is 5.03. The van der Waals surface area contributed by atoms with Crippen molar-refractivity contribution in [3.05, 3.63) is 119 Å². The second kappa shape index (κ2) is 8.74. The summed E-state index contributed by atoms with van der Waals surface area (Å²) in [6, 6.07) is 30.2. The van der Waals surface area contributed by atoms with Crippen LogP contribution in [-0.4, -0.2) is 11.7 Å². The number of allylic oxidation sites excluding steroid dienone is 1. The van der Waals surface area contributed by atoms with Crippen LogP contribution in [0, 0.1) is 0 Å². The van der Waals surface area contributed by atoms with Crippen molar-refractivity contribution >= 4 is 18.5 Å². The first-order valence-electron chi connectivity index (χ1n) is 8.99. The van der Waals surface area contributed by atoms with Crippen molar-refractivity contribution in [2.45, 2.75) is 11.8 Å². The molecule has 0 saturated heterocycles. The predicted octanol–water partition coefficient (Wildman–Crippen LogP) is 4.75. The molecule has 3 heteroatoms. The van der Waals surface area contributed by atoms with E-state index < -0.39 is 11.3 Å². The lowest BCUT2D eigenvalue weighted by atomic mass is 9.64.